The number of nitrogens with one attached hydrogen (secondary N) is 1. The Labute approximate surface area is 212 Å². The van der Waals surface area contributed by atoms with Crippen molar-refractivity contribution in [2.45, 2.75) is 95.8 Å². The molecule has 5 rings (SSSR count). The van der Waals surface area contributed by atoms with Gasteiger partial charge in [-0.15, -0.1) is 0 Å². The molecule has 1 amide bonds. The SMILES string of the molecule is N[C@H]1CC[C@H](NC(=O)C2CCN(Cc3cn(CC4CCCCC4)c4ccc(Br)cc34)CC2)CC1. The van der Waals surface area contributed by atoms with Crippen LogP contribution in [0, 0.1) is 11.8 Å². The molecule has 0 atom stereocenters. The summed E-state index contributed by atoms with van der Waals surface area (Å²) >= 11 is 3.69. The van der Waals surface area contributed by atoms with Crippen molar-refractivity contribution in [3.63, 3.8) is 0 Å². The molecule has 3 N–H and O–H groups in total. The van der Waals surface area contributed by atoms with Crippen molar-refractivity contribution in [1.82, 2.24) is 14.8 Å². The molecule has 0 radical (unpaired) electrons. The summed E-state index contributed by atoms with van der Waals surface area (Å²) in [5, 5.41) is 4.70. The summed E-state index contributed by atoms with van der Waals surface area (Å²) in [5.41, 5.74) is 8.81. The van der Waals surface area contributed by atoms with Crippen molar-refractivity contribution < 1.29 is 4.79 Å². The van der Waals surface area contributed by atoms with Crippen LogP contribution >= 0.6 is 15.9 Å². The molecule has 6 heteroatoms. The predicted molar refractivity (Wildman–Crippen MR) is 143 cm³/mol. The van der Waals surface area contributed by atoms with Gasteiger partial charge in [-0.05, 0) is 94.1 Å². The van der Waals surface area contributed by atoms with E-state index in [1.807, 2.05) is 0 Å². The first-order valence-corrected chi connectivity index (χ1v) is 14.4. The van der Waals surface area contributed by atoms with Crippen molar-refractivity contribution in [1.29, 1.82) is 0 Å². The van der Waals surface area contributed by atoms with E-state index in [0.29, 0.717) is 12.1 Å². The Bertz CT molecular complexity index is 966. The Morgan fingerprint density at radius 3 is 2.47 bits per heavy atom. The smallest absolute Gasteiger partial charge is 0.223 e. The number of aromatic nitrogens is 1. The minimum Gasteiger partial charge on any atom is -0.353 e. The van der Waals surface area contributed by atoms with Gasteiger partial charge in [-0.2, -0.15) is 0 Å². The van der Waals surface area contributed by atoms with Gasteiger partial charge < -0.3 is 15.6 Å². The van der Waals surface area contributed by atoms with Gasteiger partial charge in [0.2, 0.25) is 5.91 Å². The summed E-state index contributed by atoms with van der Waals surface area (Å²) < 4.78 is 3.67. The van der Waals surface area contributed by atoms with Crippen molar-refractivity contribution in [2.24, 2.45) is 17.6 Å². The molecule has 1 aliphatic heterocycles. The number of nitrogens with two attached hydrogens (primary N) is 1. The summed E-state index contributed by atoms with van der Waals surface area (Å²) in [6.45, 7) is 4.11. The highest BCUT2D eigenvalue weighted by Crippen LogP contribution is 2.31. The lowest BCUT2D eigenvalue weighted by atomic mass is 9.89. The van der Waals surface area contributed by atoms with Crippen LogP contribution < -0.4 is 11.1 Å². The van der Waals surface area contributed by atoms with Crippen LogP contribution in [0.2, 0.25) is 0 Å². The van der Waals surface area contributed by atoms with Crippen LogP contribution in [0.5, 0.6) is 0 Å². The molecule has 2 heterocycles. The molecule has 1 saturated heterocycles. The third kappa shape index (κ3) is 5.88. The molecule has 0 unspecified atom stereocenters. The number of halogens is 1. The van der Waals surface area contributed by atoms with E-state index in [4.69, 9.17) is 5.73 Å². The van der Waals surface area contributed by atoms with E-state index in [0.717, 1.165) is 75.1 Å². The van der Waals surface area contributed by atoms with E-state index < -0.39 is 0 Å². The number of benzene rings is 1. The van der Waals surface area contributed by atoms with Crippen molar-refractivity contribution in [2.75, 3.05) is 13.1 Å². The van der Waals surface area contributed by atoms with E-state index in [1.165, 1.54) is 48.6 Å². The lowest BCUT2D eigenvalue weighted by Gasteiger charge is -2.33. The standard InChI is InChI=1S/C28H41BrN4O/c29-23-6-11-27-26(16-23)22(19-33(27)17-20-4-2-1-3-5-20)18-32-14-12-21(13-15-32)28(34)31-25-9-7-24(30)8-10-25/h6,11,16,19-21,24-25H,1-5,7-10,12-15,17-18,30H2,(H,31,34)/t24-,25-. The molecule has 2 aliphatic carbocycles. The summed E-state index contributed by atoms with van der Waals surface area (Å²) in [4.78, 5) is 15.4. The van der Waals surface area contributed by atoms with Crippen LogP contribution in [0.4, 0.5) is 0 Å². The average molecular weight is 530 g/mol. The summed E-state index contributed by atoms with van der Waals surface area (Å²) in [6.07, 6.45) is 15.4. The van der Waals surface area contributed by atoms with E-state index in [9.17, 15) is 4.79 Å². The van der Waals surface area contributed by atoms with Gasteiger partial charge in [0.25, 0.3) is 0 Å². The molecule has 186 valence electrons. The van der Waals surface area contributed by atoms with Crippen LogP contribution in [0.15, 0.2) is 28.9 Å². The zero-order valence-corrected chi connectivity index (χ0v) is 22.1. The number of hydrogen-bond acceptors (Lipinski definition) is 3. The molecule has 1 aromatic carbocycles. The van der Waals surface area contributed by atoms with Gasteiger partial charge in [-0.3, -0.25) is 9.69 Å². The second kappa shape index (κ2) is 11.1. The Hall–Kier alpha value is -1.37. The number of piperidine rings is 1. The highest BCUT2D eigenvalue weighted by Gasteiger charge is 2.28. The Morgan fingerprint density at radius 1 is 1.00 bits per heavy atom. The molecular formula is C28H41BrN4O. The lowest BCUT2D eigenvalue weighted by Crippen LogP contribution is -2.45. The number of carbonyl (C=O) groups excluding carboxylic acids is 1. The quantitative estimate of drug-likeness (QED) is 0.514. The van der Waals surface area contributed by atoms with E-state index in [2.05, 4.69) is 55.1 Å². The highest BCUT2D eigenvalue weighted by molar-refractivity contribution is 9.10. The van der Waals surface area contributed by atoms with Crippen LogP contribution in [0.3, 0.4) is 0 Å². The minimum absolute atomic E-state index is 0.161. The number of carbonyl (C=O) groups is 1. The first-order valence-electron chi connectivity index (χ1n) is 13.6. The number of nitrogens with zero attached hydrogens (tertiary/aromatic N) is 2. The topological polar surface area (TPSA) is 63.3 Å². The maximum Gasteiger partial charge on any atom is 0.223 e. The summed E-state index contributed by atoms with van der Waals surface area (Å²) in [6, 6.07) is 7.40. The molecule has 1 aromatic heterocycles. The molecule has 2 saturated carbocycles. The first kappa shape index (κ1) is 24.3. The van der Waals surface area contributed by atoms with Crippen LogP contribution in [0.1, 0.15) is 76.2 Å². The van der Waals surface area contributed by atoms with Crippen molar-refractivity contribution >= 4 is 32.7 Å². The second-order valence-corrected chi connectivity index (χ2v) is 12.1. The maximum atomic E-state index is 12.8. The summed E-state index contributed by atoms with van der Waals surface area (Å²) in [5.74, 6) is 1.25. The molecule has 3 aliphatic rings. The van der Waals surface area contributed by atoms with Crippen LogP contribution in [-0.4, -0.2) is 40.5 Å². The number of amides is 1. The summed E-state index contributed by atoms with van der Waals surface area (Å²) in [7, 11) is 0. The highest BCUT2D eigenvalue weighted by atomic mass is 79.9. The number of fused-ring (bicyclic) bond motifs is 1. The monoisotopic (exact) mass is 528 g/mol. The Kier molecular flexibility index (Phi) is 7.97. The fourth-order valence-corrected chi connectivity index (χ4v) is 6.81. The normalized spacial score (nSPS) is 25.6. The fraction of sp³-hybridized carbons (Fsp3) is 0.679. The minimum atomic E-state index is 0.161. The zero-order chi connectivity index (χ0) is 23.5. The van der Waals surface area contributed by atoms with Crippen LogP contribution in [-0.2, 0) is 17.9 Å². The number of rotatable bonds is 6. The third-order valence-corrected chi connectivity index (χ3v) is 9.07. The fourth-order valence-electron chi connectivity index (χ4n) is 6.44. The Morgan fingerprint density at radius 2 is 1.74 bits per heavy atom. The lowest BCUT2D eigenvalue weighted by molar-refractivity contribution is -0.127. The molecule has 2 aromatic rings. The van der Waals surface area contributed by atoms with Gasteiger partial charge in [-0.25, -0.2) is 0 Å². The molecule has 5 nitrogen and oxygen atoms in total. The van der Waals surface area contributed by atoms with E-state index >= 15 is 0 Å². The van der Waals surface area contributed by atoms with E-state index in [1.54, 1.807) is 0 Å². The van der Waals surface area contributed by atoms with Gasteiger partial charge in [-0.1, -0.05) is 35.2 Å². The zero-order valence-electron chi connectivity index (χ0n) is 20.5. The third-order valence-electron chi connectivity index (χ3n) is 8.58. The molecule has 34 heavy (non-hydrogen) atoms. The average Bonchev–Trinajstić information content (AvgIpc) is 3.17. The van der Waals surface area contributed by atoms with Gasteiger partial charge in [0.15, 0.2) is 0 Å². The van der Waals surface area contributed by atoms with Gasteiger partial charge >= 0.3 is 0 Å². The first-order chi connectivity index (χ1) is 16.5. The molecule has 3 fully saturated rings. The van der Waals surface area contributed by atoms with E-state index in [-0.39, 0.29) is 11.8 Å². The Balaban J connectivity index is 1.19. The maximum absolute atomic E-state index is 12.8. The molecular weight excluding hydrogens is 488 g/mol. The van der Waals surface area contributed by atoms with Crippen molar-refractivity contribution in [3.05, 3.63) is 34.4 Å². The number of hydrogen-bond donors (Lipinski definition) is 2. The van der Waals surface area contributed by atoms with Crippen molar-refractivity contribution in [3.8, 4) is 0 Å². The molecule has 0 bridgehead atoms. The van der Waals surface area contributed by atoms with Crippen LogP contribution in [0.25, 0.3) is 10.9 Å². The van der Waals surface area contributed by atoms with Gasteiger partial charge in [0, 0.05) is 52.7 Å². The predicted octanol–water partition coefficient (Wildman–Crippen LogP) is 5.58. The second-order valence-electron chi connectivity index (χ2n) is 11.1. The number of likely N-dealkylation sites (tertiary alicyclic amines) is 1. The van der Waals surface area contributed by atoms with Gasteiger partial charge in [0.1, 0.15) is 0 Å². The van der Waals surface area contributed by atoms with Gasteiger partial charge in [0.05, 0.1) is 0 Å². The molecule has 0 spiro atoms. The largest absolute Gasteiger partial charge is 0.353 e.